The van der Waals surface area contributed by atoms with E-state index in [-0.39, 0.29) is 5.91 Å². The largest absolute Gasteiger partial charge is 0.372 e. The first-order valence-corrected chi connectivity index (χ1v) is 10.6. The maximum absolute atomic E-state index is 13.0. The van der Waals surface area contributed by atoms with Crippen molar-refractivity contribution < 1.29 is 4.79 Å². The van der Waals surface area contributed by atoms with Crippen LogP contribution >= 0.6 is 0 Å². The van der Waals surface area contributed by atoms with E-state index in [0.717, 1.165) is 42.9 Å². The van der Waals surface area contributed by atoms with Gasteiger partial charge in [-0.2, -0.15) is 0 Å². The van der Waals surface area contributed by atoms with Gasteiger partial charge in [0.25, 0.3) is 5.91 Å². The van der Waals surface area contributed by atoms with Crippen molar-refractivity contribution in [3.8, 4) is 0 Å². The first kappa shape index (κ1) is 19.7. The molecule has 1 aromatic carbocycles. The molecule has 0 unspecified atom stereocenters. The maximum atomic E-state index is 13.0. The van der Waals surface area contributed by atoms with Crippen LogP contribution in [0.25, 0.3) is 6.08 Å². The second kappa shape index (κ2) is 9.20. The summed E-state index contributed by atoms with van der Waals surface area (Å²) in [6.45, 7) is 9.09. The van der Waals surface area contributed by atoms with Crippen LogP contribution < -0.4 is 4.90 Å². The number of amidine groups is 1. The van der Waals surface area contributed by atoms with Gasteiger partial charge in [0.2, 0.25) is 0 Å². The standard InChI is InChI=1S/C23H33N3O/c1-4-25(5-2)21-14-11-18(12-15-21)17-19-13-16-22(26(6-3)23(19)27)24-20-9-7-8-10-20/h11-12,14-15,17,20H,4-10,13,16H2,1-3H3/b19-17-,24-22-. The third kappa shape index (κ3) is 4.60. The number of likely N-dealkylation sites (tertiary alicyclic amines) is 1. The number of piperidine rings is 1. The lowest BCUT2D eigenvalue weighted by Gasteiger charge is -2.30. The third-order valence-electron chi connectivity index (χ3n) is 5.78. The second-order valence-corrected chi connectivity index (χ2v) is 7.47. The number of anilines is 1. The molecule has 27 heavy (non-hydrogen) atoms. The molecule has 1 aromatic rings. The Balaban J connectivity index is 1.74. The van der Waals surface area contributed by atoms with E-state index in [4.69, 9.17) is 4.99 Å². The number of aliphatic imine (C=N–C) groups is 1. The average Bonchev–Trinajstić information content (AvgIpc) is 3.19. The molecule has 0 radical (unpaired) electrons. The normalized spacial score (nSPS) is 21.4. The number of amides is 1. The van der Waals surface area contributed by atoms with Gasteiger partial charge in [0.05, 0.1) is 6.04 Å². The summed E-state index contributed by atoms with van der Waals surface area (Å²) in [5, 5.41) is 0. The monoisotopic (exact) mass is 367 g/mol. The fraction of sp³-hybridized carbons (Fsp3) is 0.565. The summed E-state index contributed by atoms with van der Waals surface area (Å²) < 4.78 is 0. The van der Waals surface area contributed by atoms with Crippen molar-refractivity contribution in [1.82, 2.24) is 4.90 Å². The SMILES string of the molecule is CCN1C(=O)/C(=C\c2ccc(N(CC)CC)cc2)CC/C1=N/C1CCCC1. The highest BCUT2D eigenvalue weighted by molar-refractivity contribution is 6.11. The average molecular weight is 368 g/mol. The number of benzene rings is 1. The maximum Gasteiger partial charge on any atom is 0.255 e. The highest BCUT2D eigenvalue weighted by Gasteiger charge is 2.28. The van der Waals surface area contributed by atoms with Crippen molar-refractivity contribution in [1.29, 1.82) is 0 Å². The summed E-state index contributed by atoms with van der Waals surface area (Å²) in [7, 11) is 0. The molecule has 2 fully saturated rings. The zero-order valence-electron chi connectivity index (χ0n) is 17.1. The molecule has 1 saturated carbocycles. The summed E-state index contributed by atoms with van der Waals surface area (Å²) >= 11 is 0. The predicted octanol–water partition coefficient (Wildman–Crippen LogP) is 4.90. The minimum absolute atomic E-state index is 0.133. The molecule has 1 saturated heterocycles. The van der Waals surface area contributed by atoms with Crippen LogP contribution in [0.2, 0.25) is 0 Å². The van der Waals surface area contributed by atoms with Gasteiger partial charge in [0.15, 0.2) is 0 Å². The zero-order valence-corrected chi connectivity index (χ0v) is 17.1. The van der Waals surface area contributed by atoms with Gasteiger partial charge in [-0.1, -0.05) is 25.0 Å². The van der Waals surface area contributed by atoms with Gasteiger partial charge in [-0.05, 0) is 63.8 Å². The summed E-state index contributed by atoms with van der Waals surface area (Å²) in [4.78, 5) is 22.1. The fourth-order valence-electron chi connectivity index (χ4n) is 4.19. The van der Waals surface area contributed by atoms with Gasteiger partial charge in [0, 0.05) is 37.3 Å². The van der Waals surface area contributed by atoms with E-state index in [9.17, 15) is 4.79 Å². The van der Waals surface area contributed by atoms with Crippen molar-refractivity contribution in [2.75, 3.05) is 24.5 Å². The molecule has 0 N–H and O–H groups in total. The van der Waals surface area contributed by atoms with Crippen molar-refractivity contribution in [2.45, 2.75) is 65.3 Å². The Labute approximate surface area is 164 Å². The molecule has 1 amide bonds. The summed E-state index contributed by atoms with van der Waals surface area (Å²) in [6, 6.07) is 8.97. The Kier molecular flexibility index (Phi) is 6.70. The number of carbonyl (C=O) groups is 1. The number of rotatable bonds is 6. The number of likely N-dealkylation sites (N-methyl/N-ethyl adjacent to an activating group) is 1. The third-order valence-corrected chi connectivity index (χ3v) is 5.78. The van der Waals surface area contributed by atoms with E-state index in [1.54, 1.807) is 0 Å². The van der Waals surface area contributed by atoms with Crippen LogP contribution in [0.15, 0.2) is 34.8 Å². The lowest BCUT2D eigenvalue weighted by Crippen LogP contribution is -2.41. The smallest absolute Gasteiger partial charge is 0.255 e. The lowest BCUT2D eigenvalue weighted by molar-refractivity contribution is -0.124. The Bertz CT molecular complexity index is 695. The molecule has 1 aliphatic carbocycles. The minimum Gasteiger partial charge on any atom is -0.372 e. The quantitative estimate of drug-likeness (QED) is 0.671. The molecular formula is C23H33N3O. The number of hydrogen-bond acceptors (Lipinski definition) is 3. The van der Waals surface area contributed by atoms with Crippen LogP contribution in [0, 0.1) is 0 Å². The Morgan fingerprint density at radius 2 is 1.74 bits per heavy atom. The Hall–Kier alpha value is -2.10. The van der Waals surface area contributed by atoms with Crippen molar-refractivity contribution in [3.05, 3.63) is 35.4 Å². The molecule has 0 bridgehead atoms. The summed E-state index contributed by atoms with van der Waals surface area (Å²) in [5.74, 6) is 1.14. The highest BCUT2D eigenvalue weighted by Crippen LogP contribution is 2.26. The van der Waals surface area contributed by atoms with Gasteiger partial charge in [-0.25, -0.2) is 0 Å². The van der Waals surface area contributed by atoms with E-state index < -0.39 is 0 Å². The van der Waals surface area contributed by atoms with E-state index >= 15 is 0 Å². The number of carbonyl (C=O) groups excluding carboxylic acids is 1. The molecule has 0 spiro atoms. The molecule has 2 aliphatic rings. The van der Waals surface area contributed by atoms with Crippen molar-refractivity contribution >= 4 is 23.5 Å². The highest BCUT2D eigenvalue weighted by atomic mass is 16.2. The van der Waals surface area contributed by atoms with Crippen molar-refractivity contribution in [2.24, 2.45) is 4.99 Å². The minimum atomic E-state index is 0.133. The number of nitrogens with zero attached hydrogens (tertiary/aromatic N) is 3. The van der Waals surface area contributed by atoms with Gasteiger partial charge in [0.1, 0.15) is 5.84 Å². The zero-order chi connectivity index (χ0) is 19.2. The molecule has 4 heteroatoms. The molecule has 1 aliphatic heterocycles. The van der Waals surface area contributed by atoms with Crippen LogP contribution in [0.3, 0.4) is 0 Å². The lowest BCUT2D eigenvalue weighted by atomic mass is 9.99. The van der Waals surface area contributed by atoms with E-state index in [1.165, 1.54) is 31.4 Å². The first-order chi connectivity index (χ1) is 13.2. The second-order valence-electron chi connectivity index (χ2n) is 7.47. The molecule has 4 nitrogen and oxygen atoms in total. The molecule has 1 heterocycles. The summed E-state index contributed by atoms with van der Waals surface area (Å²) in [5.41, 5.74) is 3.23. The van der Waals surface area contributed by atoms with E-state index in [0.29, 0.717) is 12.6 Å². The molecule has 3 rings (SSSR count). The van der Waals surface area contributed by atoms with Gasteiger partial charge >= 0.3 is 0 Å². The van der Waals surface area contributed by atoms with Gasteiger partial charge < -0.3 is 4.90 Å². The topological polar surface area (TPSA) is 35.9 Å². The van der Waals surface area contributed by atoms with E-state index in [1.807, 2.05) is 11.8 Å². The van der Waals surface area contributed by atoms with Gasteiger partial charge in [-0.3, -0.25) is 14.7 Å². The van der Waals surface area contributed by atoms with Crippen LogP contribution in [-0.2, 0) is 4.79 Å². The van der Waals surface area contributed by atoms with Gasteiger partial charge in [-0.15, -0.1) is 0 Å². The van der Waals surface area contributed by atoms with Crippen LogP contribution in [-0.4, -0.2) is 42.3 Å². The Morgan fingerprint density at radius 3 is 2.33 bits per heavy atom. The fourth-order valence-corrected chi connectivity index (χ4v) is 4.19. The molecule has 146 valence electrons. The van der Waals surface area contributed by atoms with Crippen LogP contribution in [0.1, 0.15) is 64.9 Å². The van der Waals surface area contributed by atoms with E-state index in [2.05, 4.69) is 49.1 Å². The van der Waals surface area contributed by atoms with Crippen LogP contribution in [0.5, 0.6) is 0 Å². The van der Waals surface area contributed by atoms with Crippen LogP contribution in [0.4, 0.5) is 5.69 Å². The predicted molar refractivity (Wildman–Crippen MR) is 114 cm³/mol. The first-order valence-electron chi connectivity index (χ1n) is 10.6. The Morgan fingerprint density at radius 1 is 1.07 bits per heavy atom. The molecule has 0 aromatic heterocycles. The summed E-state index contributed by atoms with van der Waals surface area (Å²) in [6.07, 6.45) is 8.63. The molecule has 0 atom stereocenters. The molecular weight excluding hydrogens is 334 g/mol. The van der Waals surface area contributed by atoms with Crippen molar-refractivity contribution in [3.63, 3.8) is 0 Å². The number of hydrogen-bond donors (Lipinski definition) is 0.